The van der Waals surface area contributed by atoms with Crippen molar-refractivity contribution in [2.24, 2.45) is 5.92 Å². The molecular formula is C22H21N7O2. The van der Waals surface area contributed by atoms with E-state index in [1.165, 1.54) is 0 Å². The molecule has 0 aliphatic heterocycles. The Balaban J connectivity index is 1.30. The number of aromatic amines is 1. The lowest BCUT2D eigenvalue weighted by Gasteiger charge is -2.15. The number of aromatic nitrogens is 6. The molecule has 2 N–H and O–H groups in total. The van der Waals surface area contributed by atoms with Crippen molar-refractivity contribution < 1.29 is 9.32 Å². The minimum absolute atomic E-state index is 0.0359. The normalized spacial score (nSPS) is 21.4. The summed E-state index contributed by atoms with van der Waals surface area (Å²) in [5.41, 5.74) is 3.46. The van der Waals surface area contributed by atoms with Gasteiger partial charge in [-0.2, -0.15) is 0 Å². The van der Waals surface area contributed by atoms with E-state index in [1.54, 1.807) is 6.20 Å². The molecular weight excluding hydrogens is 394 g/mol. The molecule has 1 aliphatic carbocycles. The number of para-hydroxylation sites is 1. The summed E-state index contributed by atoms with van der Waals surface area (Å²) in [6.45, 7) is 2.18. The Kier molecular flexibility index (Phi) is 4.02. The molecule has 5 aromatic rings. The largest absolute Gasteiger partial charge is 0.355 e. The van der Waals surface area contributed by atoms with Gasteiger partial charge in [-0.25, -0.2) is 4.98 Å². The molecule has 0 saturated heterocycles. The molecule has 1 fully saturated rings. The van der Waals surface area contributed by atoms with Crippen molar-refractivity contribution in [3.8, 4) is 0 Å². The van der Waals surface area contributed by atoms with E-state index in [9.17, 15) is 4.79 Å². The molecule has 1 saturated carbocycles. The Morgan fingerprint density at radius 2 is 2.16 bits per heavy atom. The second-order valence-corrected chi connectivity index (χ2v) is 8.17. The van der Waals surface area contributed by atoms with E-state index in [1.807, 2.05) is 36.5 Å². The van der Waals surface area contributed by atoms with Gasteiger partial charge in [-0.3, -0.25) is 9.20 Å². The fourth-order valence-corrected chi connectivity index (χ4v) is 4.95. The third kappa shape index (κ3) is 2.80. The van der Waals surface area contributed by atoms with Gasteiger partial charge in [-0.05, 0) is 37.0 Å². The maximum absolute atomic E-state index is 12.9. The molecule has 0 radical (unpaired) electrons. The lowest BCUT2D eigenvalue weighted by atomic mass is 9.93. The maximum atomic E-state index is 12.9. The minimum atomic E-state index is -0.200. The topological polar surface area (TPSA) is 114 Å². The summed E-state index contributed by atoms with van der Waals surface area (Å²) in [6, 6.07) is 9.43. The van der Waals surface area contributed by atoms with Gasteiger partial charge in [0, 0.05) is 18.2 Å². The van der Waals surface area contributed by atoms with Crippen molar-refractivity contribution in [3.63, 3.8) is 0 Å². The summed E-state index contributed by atoms with van der Waals surface area (Å²) < 4.78 is 7.38. The molecule has 4 aromatic heterocycles. The minimum Gasteiger partial charge on any atom is -0.355 e. The number of carbonyl (C=O) groups excluding carboxylic acids is 1. The van der Waals surface area contributed by atoms with Gasteiger partial charge in [-0.15, -0.1) is 10.2 Å². The van der Waals surface area contributed by atoms with Crippen LogP contribution in [0, 0.1) is 5.92 Å². The number of amides is 1. The van der Waals surface area contributed by atoms with E-state index in [0.29, 0.717) is 17.2 Å². The van der Waals surface area contributed by atoms with Gasteiger partial charge in [0.1, 0.15) is 5.82 Å². The van der Waals surface area contributed by atoms with E-state index in [2.05, 4.69) is 42.0 Å². The van der Waals surface area contributed by atoms with E-state index < -0.39 is 0 Å². The maximum Gasteiger partial charge on any atom is 0.274 e. The lowest BCUT2D eigenvalue weighted by Crippen LogP contribution is -2.33. The summed E-state index contributed by atoms with van der Waals surface area (Å²) in [7, 11) is 0. The number of nitrogens with zero attached hydrogens (tertiary/aromatic N) is 5. The first kappa shape index (κ1) is 18.1. The second-order valence-electron chi connectivity index (χ2n) is 8.17. The zero-order chi connectivity index (χ0) is 20.9. The van der Waals surface area contributed by atoms with Crippen molar-refractivity contribution in [1.29, 1.82) is 0 Å². The highest BCUT2D eigenvalue weighted by Gasteiger charge is 2.38. The molecule has 1 amide bonds. The van der Waals surface area contributed by atoms with Crippen LogP contribution in [0.3, 0.4) is 0 Å². The summed E-state index contributed by atoms with van der Waals surface area (Å²) in [6.07, 6.45) is 6.30. The molecule has 1 aliphatic rings. The molecule has 9 heteroatoms. The van der Waals surface area contributed by atoms with E-state index in [4.69, 9.17) is 4.52 Å². The van der Waals surface area contributed by atoms with Crippen LogP contribution in [0.25, 0.3) is 27.8 Å². The summed E-state index contributed by atoms with van der Waals surface area (Å²) in [5.74, 6) is 1.32. The van der Waals surface area contributed by atoms with Crippen molar-refractivity contribution in [3.05, 3.63) is 54.2 Å². The first-order chi connectivity index (χ1) is 15.2. The molecule has 31 heavy (non-hydrogen) atoms. The number of nitrogens with one attached hydrogen (secondary N) is 2. The van der Waals surface area contributed by atoms with Crippen LogP contribution in [0.15, 0.2) is 47.2 Å². The first-order valence-corrected chi connectivity index (χ1v) is 10.6. The first-order valence-electron chi connectivity index (χ1n) is 10.6. The van der Waals surface area contributed by atoms with Crippen LogP contribution in [0.5, 0.6) is 0 Å². The Morgan fingerprint density at radius 3 is 3.06 bits per heavy atom. The number of carbonyl (C=O) groups is 1. The van der Waals surface area contributed by atoms with Crippen LogP contribution in [0.4, 0.5) is 0 Å². The SMILES string of the molecule is CC[C@@H]1C[C@H](NC(=O)c2noc3ccccc23)C[C@@H]1c1nnc2cnc3[nH]ccc3n12. The Morgan fingerprint density at radius 1 is 1.26 bits per heavy atom. The molecule has 1 aromatic carbocycles. The molecule has 9 nitrogen and oxygen atoms in total. The van der Waals surface area contributed by atoms with Gasteiger partial charge in [0.2, 0.25) is 0 Å². The zero-order valence-electron chi connectivity index (χ0n) is 16.9. The van der Waals surface area contributed by atoms with E-state index in [0.717, 1.165) is 47.3 Å². The van der Waals surface area contributed by atoms with E-state index >= 15 is 0 Å². The molecule has 3 atom stereocenters. The van der Waals surface area contributed by atoms with Gasteiger partial charge in [0.15, 0.2) is 22.6 Å². The predicted molar refractivity (Wildman–Crippen MR) is 114 cm³/mol. The van der Waals surface area contributed by atoms with Gasteiger partial charge < -0.3 is 14.8 Å². The third-order valence-electron chi connectivity index (χ3n) is 6.45. The Labute approximate surface area is 176 Å². The molecule has 6 rings (SSSR count). The number of rotatable bonds is 4. The summed E-state index contributed by atoms with van der Waals surface area (Å²) in [4.78, 5) is 20.5. The highest BCUT2D eigenvalue weighted by Crippen LogP contribution is 2.41. The van der Waals surface area contributed by atoms with Crippen LogP contribution >= 0.6 is 0 Å². The smallest absolute Gasteiger partial charge is 0.274 e. The molecule has 0 unspecified atom stereocenters. The van der Waals surface area contributed by atoms with Gasteiger partial charge in [0.05, 0.1) is 17.1 Å². The van der Waals surface area contributed by atoms with Crippen LogP contribution in [-0.2, 0) is 0 Å². The van der Waals surface area contributed by atoms with Gasteiger partial charge >= 0.3 is 0 Å². The molecule has 156 valence electrons. The van der Waals surface area contributed by atoms with Gasteiger partial charge in [-0.1, -0.05) is 30.6 Å². The number of fused-ring (bicyclic) bond motifs is 4. The number of hydrogen-bond acceptors (Lipinski definition) is 6. The fraction of sp³-hybridized carbons (Fsp3) is 0.318. The van der Waals surface area contributed by atoms with Crippen LogP contribution in [0.1, 0.15) is 48.4 Å². The third-order valence-corrected chi connectivity index (χ3v) is 6.45. The fourth-order valence-electron chi connectivity index (χ4n) is 4.95. The monoisotopic (exact) mass is 415 g/mol. The van der Waals surface area contributed by atoms with Crippen molar-refractivity contribution in [2.75, 3.05) is 0 Å². The van der Waals surface area contributed by atoms with Gasteiger partial charge in [0.25, 0.3) is 5.91 Å². The lowest BCUT2D eigenvalue weighted by molar-refractivity contribution is 0.0929. The van der Waals surface area contributed by atoms with Crippen molar-refractivity contribution in [2.45, 2.75) is 38.1 Å². The average molecular weight is 415 g/mol. The van der Waals surface area contributed by atoms with Crippen LogP contribution in [-0.4, -0.2) is 41.7 Å². The highest BCUT2D eigenvalue weighted by molar-refractivity contribution is 6.04. The number of H-pyrrole nitrogens is 1. The summed E-state index contributed by atoms with van der Waals surface area (Å²) >= 11 is 0. The van der Waals surface area contributed by atoms with Crippen molar-refractivity contribution >= 4 is 33.7 Å². The quantitative estimate of drug-likeness (QED) is 0.465. The average Bonchev–Trinajstić information content (AvgIpc) is 3.56. The zero-order valence-corrected chi connectivity index (χ0v) is 16.9. The molecule has 0 bridgehead atoms. The number of benzene rings is 1. The number of hydrogen-bond donors (Lipinski definition) is 2. The summed E-state index contributed by atoms with van der Waals surface area (Å²) in [5, 5.41) is 16.8. The Hall–Kier alpha value is -3.75. The van der Waals surface area contributed by atoms with Crippen LogP contribution < -0.4 is 5.32 Å². The second kappa shape index (κ2) is 6.90. The standard InChI is InChI=1S/C22H21N7O2/c1-2-12-9-13(25-22(30)19-14-5-3-4-6-17(14)31-28-19)10-15(12)21-27-26-18-11-24-20-16(29(18)21)7-8-23-20/h3-8,11-13,15,23H,2,9-10H2,1H3,(H,25,30)/t12-,13+,15+/m1/s1. The van der Waals surface area contributed by atoms with Crippen molar-refractivity contribution in [1.82, 2.24) is 35.0 Å². The van der Waals surface area contributed by atoms with E-state index in [-0.39, 0.29) is 17.9 Å². The predicted octanol–water partition coefficient (Wildman–Crippen LogP) is 3.45. The van der Waals surface area contributed by atoms with Crippen LogP contribution in [0.2, 0.25) is 0 Å². The Bertz CT molecular complexity index is 1420. The molecule has 0 spiro atoms. The highest BCUT2D eigenvalue weighted by atomic mass is 16.5. The molecule has 4 heterocycles.